The first-order valence-corrected chi connectivity index (χ1v) is 16.6. The number of amides is 3. The topological polar surface area (TPSA) is 106 Å². The van der Waals surface area contributed by atoms with Gasteiger partial charge < -0.3 is 29.7 Å². The number of nitrogens with zero attached hydrogens (tertiary/aromatic N) is 1. The van der Waals surface area contributed by atoms with E-state index in [1.54, 1.807) is 7.11 Å². The van der Waals surface area contributed by atoms with Crippen molar-refractivity contribution in [2.24, 2.45) is 17.3 Å². The van der Waals surface area contributed by atoms with Gasteiger partial charge in [-0.15, -0.1) is 0 Å². The minimum absolute atomic E-state index is 0.0751. The molecule has 1 fully saturated rings. The Morgan fingerprint density at radius 3 is 1.98 bits per heavy atom. The highest BCUT2D eigenvalue weighted by Crippen LogP contribution is 2.50. The van der Waals surface area contributed by atoms with Gasteiger partial charge in [-0.1, -0.05) is 57.2 Å². The molecular weight excluding hydrogens is 582 g/mol. The Hall–Kier alpha value is -3.59. The number of benzene rings is 2. The van der Waals surface area contributed by atoms with Gasteiger partial charge in [0.25, 0.3) is 0 Å². The third kappa shape index (κ3) is 9.02. The van der Waals surface area contributed by atoms with Crippen molar-refractivity contribution in [1.29, 1.82) is 0 Å². The van der Waals surface area contributed by atoms with Crippen LogP contribution in [0, 0.1) is 17.3 Å². The van der Waals surface area contributed by atoms with Crippen molar-refractivity contribution in [3.8, 4) is 11.5 Å². The van der Waals surface area contributed by atoms with Gasteiger partial charge in [0.1, 0.15) is 17.1 Å². The van der Waals surface area contributed by atoms with Crippen molar-refractivity contribution in [3.05, 3.63) is 59.7 Å². The predicted octanol–water partition coefficient (Wildman–Crippen LogP) is 6.44. The largest absolute Gasteiger partial charge is 0.457 e. The molecule has 2 aromatic rings. The number of carbonyl (C=O) groups excluding carboxylic acids is 3. The summed E-state index contributed by atoms with van der Waals surface area (Å²) in [6.45, 7) is 13.8. The van der Waals surface area contributed by atoms with Crippen molar-refractivity contribution >= 4 is 17.9 Å². The van der Waals surface area contributed by atoms with Crippen LogP contribution in [0.1, 0.15) is 84.8 Å². The lowest BCUT2D eigenvalue weighted by Crippen LogP contribution is -2.54. The molecule has 0 spiro atoms. The Morgan fingerprint density at radius 2 is 1.43 bits per heavy atom. The first-order valence-electron chi connectivity index (χ1n) is 16.6. The maximum atomic E-state index is 14.1. The second-order valence-electron chi connectivity index (χ2n) is 15.0. The molecule has 4 rings (SSSR count). The summed E-state index contributed by atoms with van der Waals surface area (Å²) in [5.74, 6) is 0.140. The van der Waals surface area contributed by atoms with Crippen molar-refractivity contribution in [3.63, 3.8) is 0 Å². The number of nitrogens with one attached hydrogen (secondary N) is 2. The van der Waals surface area contributed by atoms with Crippen LogP contribution in [0.15, 0.2) is 48.5 Å². The smallest absolute Gasteiger partial charge is 0.410 e. The minimum Gasteiger partial charge on any atom is -0.457 e. The van der Waals surface area contributed by atoms with Crippen LogP contribution in [-0.4, -0.2) is 68.3 Å². The zero-order valence-electron chi connectivity index (χ0n) is 28.7. The molecule has 252 valence electrons. The van der Waals surface area contributed by atoms with E-state index in [-0.39, 0.29) is 30.3 Å². The first-order chi connectivity index (χ1) is 21.7. The molecule has 9 nitrogen and oxygen atoms in total. The van der Waals surface area contributed by atoms with E-state index in [4.69, 9.17) is 14.2 Å². The Balaban J connectivity index is 1.58. The third-order valence-electron chi connectivity index (χ3n) is 8.81. The Morgan fingerprint density at radius 1 is 0.870 bits per heavy atom. The molecule has 2 aliphatic heterocycles. The quantitative estimate of drug-likeness (QED) is 0.276. The number of likely N-dealkylation sites (tertiary alicyclic amines) is 1. The van der Waals surface area contributed by atoms with E-state index in [0.717, 1.165) is 48.3 Å². The van der Waals surface area contributed by atoms with Gasteiger partial charge in [-0.25, -0.2) is 4.79 Å². The highest BCUT2D eigenvalue weighted by atomic mass is 16.6. The van der Waals surface area contributed by atoms with Crippen LogP contribution in [0.2, 0.25) is 0 Å². The zero-order chi connectivity index (χ0) is 33.5. The minimum atomic E-state index is -0.699. The molecule has 2 atom stereocenters. The fraction of sp³-hybridized carbons (Fsp3) is 0.595. The third-order valence-corrected chi connectivity index (χ3v) is 8.81. The molecule has 2 aromatic carbocycles. The molecule has 46 heavy (non-hydrogen) atoms. The van der Waals surface area contributed by atoms with Gasteiger partial charge >= 0.3 is 6.09 Å². The number of piperidine rings is 1. The van der Waals surface area contributed by atoms with Crippen LogP contribution >= 0.6 is 0 Å². The van der Waals surface area contributed by atoms with Gasteiger partial charge in [0.2, 0.25) is 11.8 Å². The second kappa shape index (κ2) is 14.9. The molecule has 3 amide bonds. The zero-order valence-corrected chi connectivity index (χ0v) is 28.7. The van der Waals surface area contributed by atoms with Crippen LogP contribution in [0.3, 0.4) is 0 Å². The van der Waals surface area contributed by atoms with Crippen LogP contribution in [0.5, 0.6) is 11.5 Å². The number of para-hydroxylation sites is 2. The van der Waals surface area contributed by atoms with Crippen molar-refractivity contribution in [1.82, 2.24) is 15.5 Å². The van der Waals surface area contributed by atoms with Gasteiger partial charge in [0, 0.05) is 56.4 Å². The standard InChI is InChI=1S/C37H53N3O6/c1-35(2,3)19-20-38-32(41)26-22-27(24-40(23-26)34(43)46-36(4,5)6)33(42)39-25-37(18-12-13-21-44-7)28-14-8-10-16-30(28)45-31-17-11-9-15-29(31)37/h8-11,14-17,26-27H,12-13,18-25H2,1-7H3,(H,38,41)(H,39,42)/t26-,27+/m1/s1. The van der Waals surface area contributed by atoms with E-state index < -0.39 is 28.9 Å². The summed E-state index contributed by atoms with van der Waals surface area (Å²) in [6.07, 6.45) is 3.21. The molecule has 1 saturated heterocycles. The number of methoxy groups -OCH3 is 1. The summed E-state index contributed by atoms with van der Waals surface area (Å²) in [5, 5.41) is 6.33. The van der Waals surface area contributed by atoms with Crippen molar-refractivity contribution in [2.75, 3.05) is 39.9 Å². The van der Waals surface area contributed by atoms with Crippen LogP contribution in [0.25, 0.3) is 0 Å². The SMILES string of the molecule is COCCCCC1(CNC(=O)[C@H]2C[C@@H](C(=O)NCCC(C)(C)C)CN(C(=O)OC(C)(C)C)C2)c2ccccc2Oc2ccccc21. The van der Waals surface area contributed by atoms with E-state index in [1.807, 2.05) is 57.2 Å². The summed E-state index contributed by atoms with van der Waals surface area (Å²) < 4.78 is 17.3. The summed E-state index contributed by atoms with van der Waals surface area (Å²) in [6, 6.07) is 16.0. The first kappa shape index (κ1) is 35.3. The van der Waals surface area contributed by atoms with E-state index in [2.05, 4.69) is 43.5 Å². The Kier molecular flexibility index (Phi) is 11.4. The second-order valence-corrected chi connectivity index (χ2v) is 15.0. The molecule has 9 heteroatoms. The van der Waals surface area contributed by atoms with Gasteiger partial charge in [-0.2, -0.15) is 0 Å². The fourth-order valence-electron chi connectivity index (χ4n) is 6.43. The normalized spacial score (nSPS) is 18.9. The number of unbranched alkanes of at least 4 members (excludes halogenated alkanes) is 1. The molecular formula is C37H53N3O6. The number of ether oxygens (including phenoxy) is 3. The number of hydrogen-bond donors (Lipinski definition) is 2. The predicted molar refractivity (Wildman–Crippen MR) is 179 cm³/mol. The lowest BCUT2D eigenvalue weighted by Gasteiger charge is -2.41. The van der Waals surface area contributed by atoms with Gasteiger partial charge in [-0.05, 0) is 70.4 Å². The average Bonchev–Trinajstić information content (AvgIpc) is 3.00. The lowest BCUT2D eigenvalue weighted by molar-refractivity contribution is -0.131. The van der Waals surface area contributed by atoms with Gasteiger partial charge in [0.15, 0.2) is 0 Å². The van der Waals surface area contributed by atoms with E-state index in [1.165, 1.54) is 4.90 Å². The highest BCUT2D eigenvalue weighted by molar-refractivity contribution is 5.84. The molecule has 2 heterocycles. The molecule has 0 saturated carbocycles. The number of fused-ring (bicyclic) bond motifs is 2. The molecule has 0 bridgehead atoms. The molecule has 0 aliphatic carbocycles. The lowest BCUT2D eigenvalue weighted by atomic mass is 9.69. The number of rotatable bonds is 11. The van der Waals surface area contributed by atoms with E-state index in [0.29, 0.717) is 26.1 Å². The number of carbonyl (C=O) groups is 3. The maximum absolute atomic E-state index is 14.1. The van der Waals surface area contributed by atoms with E-state index >= 15 is 0 Å². The number of hydrogen-bond acceptors (Lipinski definition) is 6. The van der Waals surface area contributed by atoms with Crippen molar-refractivity contribution in [2.45, 2.75) is 84.7 Å². The Labute approximate surface area is 274 Å². The maximum Gasteiger partial charge on any atom is 0.410 e. The van der Waals surface area contributed by atoms with Crippen LogP contribution < -0.4 is 15.4 Å². The molecule has 0 aromatic heterocycles. The summed E-state index contributed by atoms with van der Waals surface area (Å²) in [7, 11) is 1.71. The monoisotopic (exact) mass is 635 g/mol. The van der Waals surface area contributed by atoms with Crippen LogP contribution in [-0.2, 0) is 24.5 Å². The van der Waals surface area contributed by atoms with Gasteiger partial charge in [-0.3, -0.25) is 9.59 Å². The van der Waals surface area contributed by atoms with E-state index in [9.17, 15) is 14.4 Å². The van der Waals surface area contributed by atoms with Crippen LogP contribution in [0.4, 0.5) is 4.79 Å². The fourth-order valence-corrected chi connectivity index (χ4v) is 6.43. The Bertz CT molecular complexity index is 1320. The molecule has 2 aliphatic rings. The van der Waals surface area contributed by atoms with Crippen molar-refractivity contribution < 1.29 is 28.6 Å². The summed E-state index contributed by atoms with van der Waals surface area (Å²) in [4.78, 5) is 42.2. The highest BCUT2D eigenvalue weighted by Gasteiger charge is 2.43. The molecule has 0 radical (unpaired) electrons. The van der Waals surface area contributed by atoms with Gasteiger partial charge in [0.05, 0.1) is 11.8 Å². The summed E-state index contributed by atoms with van der Waals surface area (Å²) >= 11 is 0. The summed E-state index contributed by atoms with van der Waals surface area (Å²) in [5.41, 5.74) is 0.905. The molecule has 2 N–H and O–H groups in total. The average molecular weight is 636 g/mol. The molecule has 0 unspecified atom stereocenters.